The van der Waals surface area contributed by atoms with Gasteiger partial charge in [-0.05, 0) is 46.6 Å². The number of nitrogens with zero attached hydrogens (tertiary/aromatic N) is 4. The van der Waals surface area contributed by atoms with Gasteiger partial charge in [0.15, 0.2) is 0 Å². The topological polar surface area (TPSA) is 81.5 Å². The van der Waals surface area contributed by atoms with E-state index in [1.54, 1.807) is 12.3 Å². The highest BCUT2D eigenvalue weighted by Crippen LogP contribution is 2.35. The smallest absolute Gasteiger partial charge is 0.387 e. The fraction of sp³-hybridized carbons (Fsp3) is 0.640. The Morgan fingerprint density at radius 3 is 2.83 bits per heavy atom. The molecule has 0 saturated carbocycles. The average Bonchev–Trinajstić information content (AvgIpc) is 3.18. The summed E-state index contributed by atoms with van der Waals surface area (Å²) in [4.78, 5) is 19.5. The van der Waals surface area contributed by atoms with E-state index in [2.05, 4.69) is 26.9 Å². The number of carbonyl (C=O) groups is 1. The summed E-state index contributed by atoms with van der Waals surface area (Å²) in [5, 5.41) is 8.01. The zero-order valence-electron chi connectivity index (χ0n) is 20.8. The predicted octanol–water partition coefficient (Wildman–Crippen LogP) is 3.46. The molecule has 1 aliphatic carbocycles. The minimum Gasteiger partial charge on any atom is -0.433 e. The molecule has 1 N–H and O–H groups in total. The van der Waals surface area contributed by atoms with Crippen LogP contribution in [0.4, 0.5) is 8.78 Å². The molecule has 1 amide bonds. The molecular formula is C25H35F2N5O3. The lowest BCUT2D eigenvalue weighted by Crippen LogP contribution is -2.49. The molecule has 0 bridgehead atoms. The number of alkyl halides is 2. The van der Waals surface area contributed by atoms with Gasteiger partial charge in [0.25, 0.3) is 0 Å². The third-order valence-corrected chi connectivity index (χ3v) is 6.62. The quantitative estimate of drug-likeness (QED) is 0.609. The molecule has 3 atom stereocenters. The normalized spacial score (nSPS) is 21.7. The minimum atomic E-state index is -2.91. The molecule has 192 valence electrons. The molecule has 10 heteroatoms. The maximum Gasteiger partial charge on any atom is 0.387 e. The van der Waals surface area contributed by atoms with E-state index in [1.807, 2.05) is 25.5 Å². The van der Waals surface area contributed by atoms with Crippen LogP contribution in [0.15, 0.2) is 18.5 Å². The first-order valence-electron chi connectivity index (χ1n) is 12.4. The number of ether oxygens (including phenoxy) is 2. The summed E-state index contributed by atoms with van der Waals surface area (Å²) < 4.78 is 37.4. The summed E-state index contributed by atoms with van der Waals surface area (Å²) >= 11 is 0. The summed E-state index contributed by atoms with van der Waals surface area (Å²) in [7, 11) is 0. The van der Waals surface area contributed by atoms with Crippen molar-refractivity contribution < 1.29 is 23.0 Å². The Morgan fingerprint density at radius 2 is 2.11 bits per heavy atom. The number of amides is 1. The van der Waals surface area contributed by atoms with Crippen molar-refractivity contribution in [1.29, 1.82) is 0 Å². The maximum atomic E-state index is 13.1. The van der Waals surface area contributed by atoms with Crippen molar-refractivity contribution in [3.05, 3.63) is 29.7 Å². The summed E-state index contributed by atoms with van der Waals surface area (Å²) in [6.07, 6.45) is 5.07. The average molecular weight is 492 g/mol. The number of morpholine rings is 1. The maximum absolute atomic E-state index is 13.1. The van der Waals surface area contributed by atoms with E-state index in [4.69, 9.17) is 9.84 Å². The minimum absolute atomic E-state index is 0.00191. The van der Waals surface area contributed by atoms with E-state index in [1.165, 1.54) is 6.20 Å². The second-order valence-corrected chi connectivity index (χ2v) is 9.89. The monoisotopic (exact) mass is 491 g/mol. The van der Waals surface area contributed by atoms with Gasteiger partial charge in [-0.25, -0.2) is 0 Å². The fourth-order valence-corrected chi connectivity index (χ4v) is 5.09. The summed E-state index contributed by atoms with van der Waals surface area (Å²) in [5.74, 6) is -0.0687. The summed E-state index contributed by atoms with van der Waals surface area (Å²) in [5.41, 5.74) is 3.43. The van der Waals surface area contributed by atoms with Crippen molar-refractivity contribution in [2.75, 3.05) is 26.2 Å². The van der Waals surface area contributed by atoms with Crippen LogP contribution in [0.25, 0.3) is 11.3 Å². The molecule has 8 nitrogen and oxygen atoms in total. The van der Waals surface area contributed by atoms with Crippen LogP contribution in [0.3, 0.4) is 0 Å². The van der Waals surface area contributed by atoms with Crippen LogP contribution in [-0.2, 0) is 22.4 Å². The van der Waals surface area contributed by atoms with Crippen molar-refractivity contribution >= 4 is 5.91 Å². The number of aromatic nitrogens is 3. The lowest BCUT2D eigenvalue weighted by atomic mass is 9.85. The van der Waals surface area contributed by atoms with E-state index < -0.39 is 6.61 Å². The van der Waals surface area contributed by atoms with E-state index in [-0.39, 0.29) is 35.8 Å². The number of rotatable bonds is 8. The van der Waals surface area contributed by atoms with Gasteiger partial charge in [-0.15, -0.1) is 0 Å². The van der Waals surface area contributed by atoms with Crippen LogP contribution >= 0.6 is 0 Å². The van der Waals surface area contributed by atoms with Gasteiger partial charge in [0.05, 0.1) is 24.6 Å². The van der Waals surface area contributed by atoms with Gasteiger partial charge in [0.2, 0.25) is 5.91 Å². The van der Waals surface area contributed by atoms with Gasteiger partial charge in [-0.2, -0.15) is 13.9 Å². The Balaban J connectivity index is 1.47. The number of hydrogen-bond acceptors (Lipinski definition) is 6. The summed E-state index contributed by atoms with van der Waals surface area (Å²) in [6.45, 7) is 8.57. The largest absolute Gasteiger partial charge is 0.433 e. The van der Waals surface area contributed by atoms with Crippen LogP contribution in [0.1, 0.15) is 51.4 Å². The van der Waals surface area contributed by atoms with Crippen molar-refractivity contribution in [2.45, 2.75) is 71.8 Å². The van der Waals surface area contributed by atoms with E-state index >= 15 is 0 Å². The second kappa shape index (κ2) is 11.0. The number of nitrogens with one attached hydrogen (secondary N) is 1. The molecule has 2 aromatic heterocycles. The number of halogens is 2. The summed E-state index contributed by atoms with van der Waals surface area (Å²) in [6, 6.07) is 1.68. The van der Waals surface area contributed by atoms with E-state index in [0.29, 0.717) is 24.8 Å². The molecule has 3 heterocycles. The molecule has 0 radical (unpaired) electrons. The molecule has 35 heavy (non-hydrogen) atoms. The molecule has 1 fully saturated rings. The number of fused-ring (bicyclic) bond motifs is 1. The van der Waals surface area contributed by atoms with Crippen molar-refractivity contribution in [3.63, 3.8) is 0 Å². The van der Waals surface area contributed by atoms with Crippen LogP contribution in [0.2, 0.25) is 0 Å². The fourth-order valence-electron chi connectivity index (χ4n) is 5.09. The molecule has 1 saturated heterocycles. The van der Waals surface area contributed by atoms with Gasteiger partial charge >= 0.3 is 6.61 Å². The van der Waals surface area contributed by atoms with Crippen molar-refractivity contribution in [1.82, 2.24) is 25.0 Å². The highest BCUT2D eigenvalue weighted by Gasteiger charge is 2.32. The number of pyridine rings is 1. The highest BCUT2D eigenvalue weighted by atomic mass is 19.3. The zero-order chi connectivity index (χ0) is 25.1. The molecule has 1 aliphatic heterocycles. The van der Waals surface area contributed by atoms with Crippen LogP contribution in [-0.4, -0.2) is 70.6 Å². The van der Waals surface area contributed by atoms with Gasteiger partial charge in [-0.1, -0.05) is 0 Å². The Morgan fingerprint density at radius 1 is 1.31 bits per heavy atom. The standard InChI is InChI=1S/C25H35F2N5O3/c1-15(2)32-22-10-18(24(33)29-16(3)13-31-7-8-34-17(4)14-31)5-6-21(22)23(30-32)19-9-20(12-28-11-19)35-25(26)27/h9,11-12,15-18,25H,5-8,10,13-14H2,1-4H3,(H,29,33)/t16-,17+,18?/m0/s1. The van der Waals surface area contributed by atoms with Gasteiger partial charge in [0, 0.05) is 67.1 Å². The second-order valence-electron chi connectivity index (χ2n) is 9.89. The van der Waals surface area contributed by atoms with Gasteiger partial charge in [-0.3, -0.25) is 19.4 Å². The lowest BCUT2D eigenvalue weighted by Gasteiger charge is -2.33. The third kappa shape index (κ3) is 6.16. The van der Waals surface area contributed by atoms with Crippen LogP contribution < -0.4 is 10.1 Å². The first-order chi connectivity index (χ1) is 16.7. The first kappa shape index (κ1) is 25.5. The molecule has 4 rings (SSSR count). The Hall–Kier alpha value is -2.59. The van der Waals surface area contributed by atoms with Crippen molar-refractivity contribution in [3.8, 4) is 17.0 Å². The third-order valence-electron chi connectivity index (χ3n) is 6.62. The molecule has 2 aromatic rings. The Labute approximate surface area is 205 Å². The van der Waals surface area contributed by atoms with E-state index in [0.717, 1.165) is 43.2 Å². The zero-order valence-corrected chi connectivity index (χ0v) is 20.8. The number of carbonyl (C=O) groups excluding carboxylic acids is 1. The highest BCUT2D eigenvalue weighted by molar-refractivity contribution is 5.80. The number of hydrogen-bond donors (Lipinski definition) is 1. The lowest BCUT2D eigenvalue weighted by molar-refractivity contribution is -0.126. The molecule has 2 aliphatic rings. The SMILES string of the molecule is CC(C)n1nc(-c2cncc(OC(F)F)c2)c2c1CC(C(=O)N[C@@H](C)CN1CCO[C@H](C)C1)CC2. The Bertz CT molecular complexity index is 1030. The van der Waals surface area contributed by atoms with Crippen molar-refractivity contribution in [2.24, 2.45) is 5.92 Å². The molecule has 0 spiro atoms. The van der Waals surface area contributed by atoms with Crippen LogP contribution in [0, 0.1) is 5.92 Å². The predicted molar refractivity (Wildman–Crippen MR) is 127 cm³/mol. The van der Waals surface area contributed by atoms with Gasteiger partial charge < -0.3 is 14.8 Å². The van der Waals surface area contributed by atoms with E-state index in [9.17, 15) is 13.6 Å². The van der Waals surface area contributed by atoms with Crippen LogP contribution in [0.5, 0.6) is 5.75 Å². The molecule has 0 aromatic carbocycles. The van der Waals surface area contributed by atoms with Gasteiger partial charge in [0.1, 0.15) is 5.75 Å². The Kier molecular flexibility index (Phi) is 8.01. The first-order valence-corrected chi connectivity index (χ1v) is 12.4. The molecular weight excluding hydrogens is 456 g/mol. The molecule has 1 unspecified atom stereocenters.